The third-order valence-electron chi connectivity index (χ3n) is 4.75. The Morgan fingerprint density at radius 3 is 2.59 bits per heavy atom. The smallest absolute Gasteiger partial charge is 0.270 e. The van der Waals surface area contributed by atoms with E-state index in [1.165, 1.54) is 34.9 Å². The third kappa shape index (κ3) is 3.44. The average molecular weight is 365 g/mol. The Bertz CT molecular complexity index is 1120. The number of aromatic nitrogens is 1. The van der Waals surface area contributed by atoms with E-state index in [-0.39, 0.29) is 17.2 Å². The molecule has 1 heterocycles. The van der Waals surface area contributed by atoms with Crippen molar-refractivity contribution >= 4 is 28.2 Å². The van der Waals surface area contributed by atoms with Crippen LogP contribution in [0.1, 0.15) is 24.1 Å². The van der Waals surface area contributed by atoms with Gasteiger partial charge in [0.2, 0.25) is 5.91 Å². The van der Waals surface area contributed by atoms with Gasteiger partial charge in [-0.25, -0.2) is 0 Å². The minimum absolute atomic E-state index is 0.0693. The normalized spacial score (nSPS) is 12.0. The molecule has 1 aromatic heterocycles. The summed E-state index contributed by atoms with van der Waals surface area (Å²) in [4.78, 5) is 35.7. The molecule has 1 atom stereocenters. The topological polar surface area (TPSA) is 94.2 Å². The molecule has 138 valence electrons. The predicted octanol–water partition coefficient (Wildman–Crippen LogP) is 3.73. The molecule has 3 aromatic rings. The van der Waals surface area contributed by atoms with Crippen LogP contribution in [0.2, 0.25) is 0 Å². The highest BCUT2D eigenvalue weighted by atomic mass is 16.6. The van der Waals surface area contributed by atoms with Crippen LogP contribution >= 0.6 is 0 Å². The molecule has 0 saturated heterocycles. The van der Waals surface area contributed by atoms with Gasteiger partial charge >= 0.3 is 0 Å². The van der Waals surface area contributed by atoms with Crippen molar-refractivity contribution < 1.29 is 9.72 Å². The predicted molar refractivity (Wildman–Crippen MR) is 104 cm³/mol. The van der Waals surface area contributed by atoms with E-state index in [0.717, 1.165) is 11.1 Å². The van der Waals surface area contributed by atoms with Gasteiger partial charge in [0.15, 0.2) is 0 Å². The van der Waals surface area contributed by atoms with Gasteiger partial charge in [-0.05, 0) is 50.1 Å². The van der Waals surface area contributed by atoms with E-state index in [0.29, 0.717) is 16.6 Å². The van der Waals surface area contributed by atoms with Gasteiger partial charge < -0.3 is 5.32 Å². The highest BCUT2D eigenvalue weighted by Crippen LogP contribution is 2.23. The number of aryl methyl sites for hydroxylation is 1. The molecule has 1 N–H and O–H groups in total. The highest BCUT2D eigenvalue weighted by molar-refractivity contribution is 5.95. The van der Waals surface area contributed by atoms with Crippen LogP contribution in [0.4, 0.5) is 11.4 Å². The van der Waals surface area contributed by atoms with E-state index >= 15 is 0 Å². The van der Waals surface area contributed by atoms with E-state index in [4.69, 9.17) is 0 Å². The summed E-state index contributed by atoms with van der Waals surface area (Å²) in [6, 6.07) is 11.9. The van der Waals surface area contributed by atoms with Crippen molar-refractivity contribution in [2.24, 2.45) is 0 Å². The first-order valence-corrected chi connectivity index (χ1v) is 8.46. The number of fused-ring (bicyclic) bond motifs is 1. The molecular weight excluding hydrogens is 346 g/mol. The molecule has 7 heteroatoms. The largest absolute Gasteiger partial charge is 0.324 e. The van der Waals surface area contributed by atoms with E-state index < -0.39 is 11.0 Å². The first-order chi connectivity index (χ1) is 12.8. The second kappa shape index (κ2) is 7.03. The van der Waals surface area contributed by atoms with E-state index in [2.05, 4.69) is 5.32 Å². The van der Waals surface area contributed by atoms with Crippen molar-refractivity contribution in [3.05, 3.63) is 80.1 Å². The first kappa shape index (κ1) is 18.3. The number of nitro groups is 1. The summed E-state index contributed by atoms with van der Waals surface area (Å²) in [7, 11) is 0. The zero-order chi connectivity index (χ0) is 19.7. The van der Waals surface area contributed by atoms with Gasteiger partial charge in [-0.1, -0.05) is 12.1 Å². The van der Waals surface area contributed by atoms with E-state index in [1.54, 1.807) is 6.92 Å². The van der Waals surface area contributed by atoms with Crippen molar-refractivity contribution in [3.8, 4) is 0 Å². The molecule has 0 fully saturated rings. The lowest BCUT2D eigenvalue weighted by atomic mass is 10.1. The molecule has 0 radical (unpaired) electrons. The maximum atomic E-state index is 12.8. The molecular formula is C20H19N3O4. The fourth-order valence-corrected chi connectivity index (χ4v) is 3.01. The highest BCUT2D eigenvalue weighted by Gasteiger charge is 2.20. The Balaban J connectivity index is 2.01. The van der Waals surface area contributed by atoms with Crippen molar-refractivity contribution in [1.29, 1.82) is 0 Å². The molecule has 0 spiro atoms. The molecule has 27 heavy (non-hydrogen) atoms. The van der Waals surface area contributed by atoms with Crippen molar-refractivity contribution in [2.45, 2.75) is 26.8 Å². The summed E-state index contributed by atoms with van der Waals surface area (Å²) >= 11 is 0. The van der Waals surface area contributed by atoms with Gasteiger partial charge in [-0.3, -0.25) is 24.3 Å². The number of pyridine rings is 1. The Labute approximate surface area is 155 Å². The number of nitro benzene ring substituents is 1. The molecule has 0 aliphatic rings. The van der Waals surface area contributed by atoms with E-state index in [9.17, 15) is 19.7 Å². The lowest BCUT2D eigenvalue weighted by Crippen LogP contribution is -2.31. The third-order valence-corrected chi connectivity index (χ3v) is 4.75. The van der Waals surface area contributed by atoms with Crippen LogP contribution in [0.3, 0.4) is 0 Å². The molecule has 3 rings (SSSR count). The Hall–Kier alpha value is -3.48. The Morgan fingerprint density at radius 1 is 1.15 bits per heavy atom. The SMILES string of the molecule is Cc1cccc(NC(=O)C(C)n2c(=O)ccc3cc([N+](=O)[O-])ccc32)c1C. The quantitative estimate of drug-likeness (QED) is 0.563. The number of hydrogen-bond donors (Lipinski definition) is 1. The fourth-order valence-electron chi connectivity index (χ4n) is 3.01. The number of nitrogens with zero attached hydrogens (tertiary/aromatic N) is 2. The molecule has 0 saturated carbocycles. The van der Waals surface area contributed by atoms with Gasteiger partial charge in [0.25, 0.3) is 11.2 Å². The lowest BCUT2D eigenvalue weighted by molar-refractivity contribution is -0.384. The minimum Gasteiger partial charge on any atom is -0.324 e. The standard InChI is InChI=1S/C20H19N3O4/c1-12-5-4-6-17(13(12)2)21-20(25)14(3)22-18-9-8-16(23(26)27)11-15(18)7-10-19(22)24/h4-11,14H,1-3H3,(H,21,25). The molecule has 2 aromatic carbocycles. The van der Waals surface area contributed by atoms with Crippen LogP contribution in [-0.2, 0) is 4.79 Å². The van der Waals surface area contributed by atoms with Gasteiger partial charge in [0, 0.05) is 29.3 Å². The number of benzene rings is 2. The molecule has 1 amide bonds. The van der Waals surface area contributed by atoms with Gasteiger partial charge in [0.1, 0.15) is 6.04 Å². The van der Waals surface area contributed by atoms with Gasteiger partial charge in [0.05, 0.1) is 10.4 Å². The van der Waals surface area contributed by atoms with Crippen molar-refractivity contribution in [2.75, 3.05) is 5.32 Å². The van der Waals surface area contributed by atoms with Crippen LogP contribution in [0.15, 0.2) is 53.3 Å². The molecule has 7 nitrogen and oxygen atoms in total. The van der Waals surface area contributed by atoms with Crippen molar-refractivity contribution in [3.63, 3.8) is 0 Å². The summed E-state index contributed by atoms with van der Waals surface area (Å²) in [5.74, 6) is -0.336. The summed E-state index contributed by atoms with van der Waals surface area (Å²) < 4.78 is 1.35. The number of anilines is 1. The zero-order valence-corrected chi connectivity index (χ0v) is 15.2. The van der Waals surface area contributed by atoms with Gasteiger partial charge in [-0.2, -0.15) is 0 Å². The fraction of sp³-hybridized carbons (Fsp3) is 0.200. The maximum Gasteiger partial charge on any atom is 0.270 e. The monoisotopic (exact) mass is 365 g/mol. The first-order valence-electron chi connectivity index (χ1n) is 8.46. The molecule has 0 aliphatic carbocycles. The zero-order valence-electron chi connectivity index (χ0n) is 15.2. The Morgan fingerprint density at radius 2 is 1.89 bits per heavy atom. The minimum atomic E-state index is -0.789. The lowest BCUT2D eigenvalue weighted by Gasteiger charge is -2.18. The van der Waals surface area contributed by atoms with Gasteiger partial charge in [-0.15, -0.1) is 0 Å². The van der Waals surface area contributed by atoms with Crippen LogP contribution in [0.5, 0.6) is 0 Å². The van der Waals surface area contributed by atoms with Crippen LogP contribution in [0.25, 0.3) is 10.9 Å². The van der Waals surface area contributed by atoms with Crippen molar-refractivity contribution in [1.82, 2.24) is 4.57 Å². The second-order valence-corrected chi connectivity index (χ2v) is 6.45. The number of nitrogens with one attached hydrogen (secondary N) is 1. The molecule has 0 aliphatic heterocycles. The number of rotatable bonds is 4. The number of amides is 1. The number of hydrogen-bond acceptors (Lipinski definition) is 4. The maximum absolute atomic E-state index is 12.8. The number of carbonyl (C=O) groups is 1. The van der Waals surface area contributed by atoms with E-state index in [1.807, 2.05) is 32.0 Å². The van der Waals surface area contributed by atoms with Crippen LogP contribution < -0.4 is 10.9 Å². The number of carbonyl (C=O) groups excluding carboxylic acids is 1. The summed E-state index contributed by atoms with van der Waals surface area (Å²) in [5, 5.41) is 14.4. The molecule has 1 unspecified atom stereocenters. The van der Waals surface area contributed by atoms with Crippen LogP contribution in [0, 0.1) is 24.0 Å². The second-order valence-electron chi connectivity index (χ2n) is 6.45. The summed E-state index contributed by atoms with van der Waals surface area (Å²) in [6.07, 6.45) is 0. The molecule has 0 bridgehead atoms. The summed E-state index contributed by atoms with van der Waals surface area (Å²) in [6.45, 7) is 5.50. The Kier molecular flexibility index (Phi) is 4.77. The van der Waals surface area contributed by atoms with Crippen LogP contribution in [-0.4, -0.2) is 15.4 Å². The number of non-ortho nitro benzene ring substituents is 1. The average Bonchev–Trinajstić information content (AvgIpc) is 2.64. The summed E-state index contributed by atoms with van der Waals surface area (Å²) in [5.41, 5.74) is 2.75.